The van der Waals surface area contributed by atoms with E-state index in [0.29, 0.717) is 17.1 Å². The molecule has 19 heavy (non-hydrogen) atoms. The number of rotatable bonds is 7. The van der Waals surface area contributed by atoms with Crippen LogP contribution in [0.4, 0.5) is 0 Å². The van der Waals surface area contributed by atoms with Crippen LogP contribution in [0.3, 0.4) is 0 Å². The van der Waals surface area contributed by atoms with E-state index in [1.165, 1.54) is 0 Å². The van der Waals surface area contributed by atoms with E-state index in [9.17, 15) is 4.79 Å². The summed E-state index contributed by atoms with van der Waals surface area (Å²) in [5.41, 5.74) is 1.54. The number of benzene rings is 1. The SMILES string of the molecule is COC(CNC(C)C(=O)c1ccc(Cl)c(C)c1)OC. The highest BCUT2D eigenvalue weighted by Gasteiger charge is 2.17. The van der Waals surface area contributed by atoms with E-state index in [1.54, 1.807) is 32.4 Å². The van der Waals surface area contributed by atoms with Crippen LogP contribution in [0.2, 0.25) is 5.02 Å². The second-order valence-corrected chi connectivity index (χ2v) is 4.77. The third kappa shape index (κ3) is 4.58. The number of hydrogen-bond acceptors (Lipinski definition) is 4. The van der Waals surface area contributed by atoms with Crippen LogP contribution in [0.1, 0.15) is 22.8 Å². The quantitative estimate of drug-likeness (QED) is 0.617. The zero-order chi connectivity index (χ0) is 14.4. The van der Waals surface area contributed by atoms with Crippen molar-refractivity contribution >= 4 is 17.4 Å². The molecule has 106 valence electrons. The zero-order valence-corrected chi connectivity index (χ0v) is 12.5. The smallest absolute Gasteiger partial charge is 0.179 e. The lowest BCUT2D eigenvalue weighted by Crippen LogP contribution is -2.40. The lowest BCUT2D eigenvalue weighted by Gasteiger charge is -2.18. The van der Waals surface area contributed by atoms with Crippen LogP contribution < -0.4 is 5.32 Å². The maximum absolute atomic E-state index is 12.2. The summed E-state index contributed by atoms with van der Waals surface area (Å²) in [6.45, 7) is 4.14. The fraction of sp³-hybridized carbons (Fsp3) is 0.500. The Hall–Kier alpha value is -0.940. The Morgan fingerprint density at radius 3 is 2.53 bits per heavy atom. The Morgan fingerprint density at radius 2 is 2.00 bits per heavy atom. The number of halogens is 1. The second kappa shape index (κ2) is 7.60. The third-order valence-corrected chi connectivity index (χ3v) is 3.38. The van der Waals surface area contributed by atoms with E-state index in [4.69, 9.17) is 21.1 Å². The first kappa shape index (κ1) is 16.1. The molecule has 0 aromatic heterocycles. The molecule has 1 aromatic carbocycles. The molecule has 0 bridgehead atoms. The van der Waals surface area contributed by atoms with Gasteiger partial charge in [-0.1, -0.05) is 11.6 Å². The van der Waals surface area contributed by atoms with Gasteiger partial charge in [-0.25, -0.2) is 0 Å². The number of ketones is 1. The molecule has 1 rings (SSSR count). The van der Waals surface area contributed by atoms with Gasteiger partial charge in [0, 0.05) is 31.4 Å². The molecule has 0 aliphatic rings. The van der Waals surface area contributed by atoms with Crippen molar-refractivity contribution in [2.75, 3.05) is 20.8 Å². The fourth-order valence-corrected chi connectivity index (χ4v) is 1.79. The molecule has 1 atom stereocenters. The van der Waals surface area contributed by atoms with Crippen molar-refractivity contribution in [1.29, 1.82) is 0 Å². The van der Waals surface area contributed by atoms with Crippen molar-refractivity contribution in [2.45, 2.75) is 26.2 Å². The van der Waals surface area contributed by atoms with Crippen LogP contribution in [0.25, 0.3) is 0 Å². The van der Waals surface area contributed by atoms with Gasteiger partial charge in [0.15, 0.2) is 12.1 Å². The van der Waals surface area contributed by atoms with Crippen molar-refractivity contribution in [1.82, 2.24) is 5.32 Å². The van der Waals surface area contributed by atoms with E-state index in [2.05, 4.69) is 5.32 Å². The number of carbonyl (C=O) groups is 1. The Kier molecular flexibility index (Phi) is 6.45. The largest absolute Gasteiger partial charge is 0.355 e. The Balaban J connectivity index is 2.63. The molecule has 1 N–H and O–H groups in total. The molecule has 1 aromatic rings. The van der Waals surface area contributed by atoms with Gasteiger partial charge < -0.3 is 14.8 Å². The Bertz CT molecular complexity index is 433. The van der Waals surface area contributed by atoms with Crippen LogP contribution >= 0.6 is 11.6 Å². The first-order chi connectivity index (χ1) is 8.99. The number of aryl methyl sites for hydroxylation is 1. The summed E-state index contributed by atoms with van der Waals surface area (Å²) < 4.78 is 10.1. The fourth-order valence-electron chi connectivity index (χ4n) is 1.68. The molecule has 0 radical (unpaired) electrons. The Labute approximate surface area is 119 Å². The van der Waals surface area contributed by atoms with Crippen LogP contribution in [0.15, 0.2) is 18.2 Å². The van der Waals surface area contributed by atoms with E-state index in [0.717, 1.165) is 5.56 Å². The standard InChI is InChI=1S/C14H20ClNO3/c1-9-7-11(5-6-12(9)15)14(17)10(2)16-8-13(18-3)19-4/h5-7,10,13,16H,8H2,1-4H3. The van der Waals surface area contributed by atoms with Crippen molar-refractivity contribution < 1.29 is 14.3 Å². The van der Waals surface area contributed by atoms with Gasteiger partial charge in [0.2, 0.25) is 0 Å². The molecular weight excluding hydrogens is 266 g/mol. The molecule has 0 saturated carbocycles. The van der Waals surface area contributed by atoms with Gasteiger partial charge in [0.25, 0.3) is 0 Å². The van der Waals surface area contributed by atoms with E-state index in [-0.39, 0.29) is 18.1 Å². The summed E-state index contributed by atoms with van der Waals surface area (Å²) in [6.07, 6.45) is -0.359. The highest BCUT2D eigenvalue weighted by Crippen LogP contribution is 2.17. The summed E-state index contributed by atoms with van der Waals surface area (Å²) in [5.74, 6) is 0.0192. The number of methoxy groups -OCH3 is 2. The zero-order valence-electron chi connectivity index (χ0n) is 11.7. The van der Waals surface area contributed by atoms with E-state index >= 15 is 0 Å². The maximum Gasteiger partial charge on any atom is 0.179 e. The molecule has 0 aliphatic heterocycles. The summed E-state index contributed by atoms with van der Waals surface area (Å²) in [5, 5.41) is 3.75. The molecule has 0 aliphatic carbocycles. The molecule has 5 heteroatoms. The molecule has 1 unspecified atom stereocenters. The highest BCUT2D eigenvalue weighted by molar-refractivity contribution is 6.31. The first-order valence-corrected chi connectivity index (χ1v) is 6.46. The summed E-state index contributed by atoms with van der Waals surface area (Å²) in [7, 11) is 3.12. The molecule has 0 fully saturated rings. The minimum absolute atomic E-state index is 0.0192. The molecule has 0 saturated heterocycles. The number of nitrogens with one attached hydrogen (secondary N) is 1. The van der Waals surface area contributed by atoms with Gasteiger partial charge in [-0.2, -0.15) is 0 Å². The van der Waals surface area contributed by atoms with Crippen LogP contribution in [-0.2, 0) is 9.47 Å². The van der Waals surface area contributed by atoms with Crippen LogP contribution in [-0.4, -0.2) is 38.9 Å². The predicted octanol–water partition coefficient (Wildman–Crippen LogP) is 2.43. The van der Waals surface area contributed by atoms with Gasteiger partial charge in [0.05, 0.1) is 6.04 Å². The monoisotopic (exact) mass is 285 g/mol. The number of hydrogen-bond donors (Lipinski definition) is 1. The number of Topliss-reactive ketones (excluding diaryl/α,β-unsaturated/α-hetero) is 1. The third-order valence-electron chi connectivity index (χ3n) is 2.95. The van der Waals surface area contributed by atoms with E-state index in [1.807, 2.05) is 13.8 Å². The van der Waals surface area contributed by atoms with Crippen molar-refractivity contribution in [3.05, 3.63) is 34.3 Å². The summed E-state index contributed by atoms with van der Waals surface area (Å²) in [6, 6.07) is 4.96. The summed E-state index contributed by atoms with van der Waals surface area (Å²) >= 11 is 5.95. The molecular formula is C14H20ClNO3. The lowest BCUT2D eigenvalue weighted by molar-refractivity contribution is -0.0992. The van der Waals surface area contributed by atoms with Crippen molar-refractivity contribution in [2.24, 2.45) is 0 Å². The average molecular weight is 286 g/mol. The average Bonchev–Trinajstić information content (AvgIpc) is 2.42. The van der Waals surface area contributed by atoms with Gasteiger partial charge in [0.1, 0.15) is 0 Å². The van der Waals surface area contributed by atoms with Crippen LogP contribution in [0, 0.1) is 6.92 Å². The minimum Gasteiger partial charge on any atom is -0.355 e. The van der Waals surface area contributed by atoms with Crippen molar-refractivity contribution in [3.8, 4) is 0 Å². The lowest BCUT2D eigenvalue weighted by atomic mass is 10.0. The van der Waals surface area contributed by atoms with Gasteiger partial charge in [-0.15, -0.1) is 0 Å². The number of ether oxygens (including phenoxy) is 2. The summed E-state index contributed by atoms with van der Waals surface area (Å²) in [4.78, 5) is 12.2. The number of carbonyl (C=O) groups excluding carboxylic acids is 1. The normalized spacial score (nSPS) is 12.7. The van der Waals surface area contributed by atoms with Crippen LogP contribution in [0.5, 0.6) is 0 Å². The maximum atomic E-state index is 12.2. The van der Waals surface area contributed by atoms with Gasteiger partial charge in [-0.3, -0.25) is 4.79 Å². The topological polar surface area (TPSA) is 47.6 Å². The minimum atomic E-state index is -0.359. The van der Waals surface area contributed by atoms with E-state index < -0.39 is 0 Å². The molecule has 0 spiro atoms. The molecule has 4 nitrogen and oxygen atoms in total. The Morgan fingerprint density at radius 1 is 1.37 bits per heavy atom. The second-order valence-electron chi connectivity index (χ2n) is 4.36. The van der Waals surface area contributed by atoms with Gasteiger partial charge >= 0.3 is 0 Å². The highest BCUT2D eigenvalue weighted by atomic mass is 35.5. The first-order valence-electron chi connectivity index (χ1n) is 6.09. The molecule has 0 amide bonds. The predicted molar refractivity (Wildman–Crippen MR) is 75.8 cm³/mol. The molecule has 0 heterocycles. The van der Waals surface area contributed by atoms with Gasteiger partial charge in [-0.05, 0) is 37.6 Å². The van der Waals surface area contributed by atoms with Crippen molar-refractivity contribution in [3.63, 3.8) is 0 Å².